The summed E-state index contributed by atoms with van der Waals surface area (Å²) < 4.78 is 5.69. The molecule has 3 aliphatic rings. The standard InChI is InChI=1S/C33H35N3O5/c37-29(38)20-32(16-18-36(19-17-32)21-23-8-2-1-3-9-23)34-30(39)33(14-15-33)35-31(40)41-22-28-26-12-6-4-10-24(26)25-11-5-7-13-27(25)28/h1-13,28H,14-22H2,(H,34,39)(H,35,40)(H,37,38). The van der Waals surface area contributed by atoms with Crippen LogP contribution in [0.2, 0.25) is 0 Å². The molecule has 0 aromatic heterocycles. The third-order valence-corrected chi connectivity index (χ3v) is 8.80. The van der Waals surface area contributed by atoms with Gasteiger partial charge in [-0.2, -0.15) is 0 Å². The van der Waals surface area contributed by atoms with Crippen LogP contribution in [0.15, 0.2) is 78.9 Å². The van der Waals surface area contributed by atoms with Gasteiger partial charge in [0.15, 0.2) is 0 Å². The van der Waals surface area contributed by atoms with Crippen LogP contribution in [0.1, 0.15) is 54.7 Å². The minimum absolute atomic E-state index is 0.0722. The van der Waals surface area contributed by atoms with E-state index in [1.54, 1.807) is 0 Å². The van der Waals surface area contributed by atoms with Crippen molar-refractivity contribution in [1.29, 1.82) is 0 Å². The number of piperidine rings is 1. The SMILES string of the molecule is O=C(O)CC1(NC(=O)C2(NC(=O)OCC3c4ccccc4-c4ccccc43)CC2)CCN(Cc2ccccc2)CC1. The van der Waals surface area contributed by atoms with Crippen LogP contribution < -0.4 is 10.6 Å². The molecule has 0 atom stereocenters. The van der Waals surface area contributed by atoms with E-state index >= 15 is 0 Å². The fourth-order valence-corrected chi connectivity index (χ4v) is 6.34. The molecule has 2 fully saturated rings. The molecule has 8 heteroatoms. The zero-order valence-electron chi connectivity index (χ0n) is 23.0. The quantitative estimate of drug-likeness (QED) is 0.355. The van der Waals surface area contributed by atoms with Gasteiger partial charge in [0, 0.05) is 25.6 Å². The number of carbonyl (C=O) groups is 3. The maximum Gasteiger partial charge on any atom is 0.408 e. The first kappa shape index (κ1) is 27.0. The molecular formula is C33H35N3O5. The molecule has 1 saturated carbocycles. The summed E-state index contributed by atoms with van der Waals surface area (Å²) >= 11 is 0. The van der Waals surface area contributed by atoms with E-state index < -0.39 is 23.1 Å². The number of hydrogen-bond acceptors (Lipinski definition) is 5. The van der Waals surface area contributed by atoms with Crippen molar-refractivity contribution in [2.45, 2.75) is 55.6 Å². The van der Waals surface area contributed by atoms with Crippen LogP contribution in [0.4, 0.5) is 4.79 Å². The van der Waals surface area contributed by atoms with Crippen molar-refractivity contribution in [2.24, 2.45) is 0 Å². The Kier molecular flexibility index (Phi) is 7.26. The van der Waals surface area contributed by atoms with E-state index in [-0.39, 0.29) is 24.9 Å². The number of ether oxygens (including phenoxy) is 1. The fraction of sp³-hybridized carbons (Fsp3) is 0.364. The number of aliphatic carboxylic acids is 1. The molecule has 2 amide bonds. The van der Waals surface area contributed by atoms with Gasteiger partial charge in [-0.3, -0.25) is 14.5 Å². The lowest BCUT2D eigenvalue weighted by molar-refractivity contribution is -0.140. The number of hydrogen-bond donors (Lipinski definition) is 3. The normalized spacial score (nSPS) is 18.5. The first-order valence-electron chi connectivity index (χ1n) is 14.3. The zero-order valence-corrected chi connectivity index (χ0v) is 23.0. The minimum atomic E-state index is -1.06. The van der Waals surface area contributed by atoms with Crippen LogP contribution in [0.5, 0.6) is 0 Å². The molecule has 6 rings (SSSR count). The van der Waals surface area contributed by atoms with Gasteiger partial charge >= 0.3 is 12.1 Å². The number of rotatable bonds is 9. The first-order valence-corrected chi connectivity index (χ1v) is 14.3. The minimum Gasteiger partial charge on any atom is -0.481 e. The van der Waals surface area contributed by atoms with Gasteiger partial charge in [0.1, 0.15) is 12.1 Å². The molecule has 8 nitrogen and oxygen atoms in total. The molecule has 0 bridgehead atoms. The van der Waals surface area contributed by atoms with Crippen LogP contribution in [0.25, 0.3) is 11.1 Å². The molecular weight excluding hydrogens is 518 g/mol. The number of fused-ring (bicyclic) bond motifs is 3. The molecule has 3 aromatic carbocycles. The van der Waals surface area contributed by atoms with Gasteiger partial charge in [0.05, 0.1) is 12.0 Å². The Balaban J connectivity index is 1.07. The molecule has 3 aromatic rings. The van der Waals surface area contributed by atoms with Gasteiger partial charge in [0.25, 0.3) is 0 Å². The molecule has 212 valence electrons. The Morgan fingerprint density at radius 2 is 1.39 bits per heavy atom. The van der Waals surface area contributed by atoms with Crippen molar-refractivity contribution in [3.8, 4) is 11.1 Å². The summed E-state index contributed by atoms with van der Waals surface area (Å²) in [6.45, 7) is 2.30. The molecule has 0 unspecified atom stereocenters. The third kappa shape index (κ3) is 5.70. The van der Waals surface area contributed by atoms with Crippen molar-refractivity contribution in [2.75, 3.05) is 19.7 Å². The Morgan fingerprint density at radius 1 is 0.805 bits per heavy atom. The van der Waals surface area contributed by atoms with Gasteiger partial charge < -0.3 is 20.5 Å². The van der Waals surface area contributed by atoms with Crippen molar-refractivity contribution in [1.82, 2.24) is 15.5 Å². The van der Waals surface area contributed by atoms with E-state index in [1.807, 2.05) is 42.5 Å². The van der Waals surface area contributed by atoms with E-state index in [2.05, 4.69) is 51.9 Å². The fourth-order valence-electron chi connectivity index (χ4n) is 6.34. The lowest BCUT2D eigenvalue weighted by atomic mass is 9.83. The Hall–Kier alpha value is -4.17. The lowest BCUT2D eigenvalue weighted by Gasteiger charge is -2.42. The maximum atomic E-state index is 13.5. The predicted molar refractivity (Wildman–Crippen MR) is 154 cm³/mol. The second-order valence-corrected chi connectivity index (χ2v) is 11.6. The van der Waals surface area contributed by atoms with Crippen LogP contribution in [-0.2, 0) is 20.9 Å². The summed E-state index contributed by atoms with van der Waals surface area (Å²) in [5.74, 6) is -1.35. The summed E-state index contributed by atoms with van der Waals surface area (Å²) in [5.41, 5.74) is 3.82. The largest absolute Gasteiger partial charge is 0.481 e. The Morgan fingerprint density at radius 3 is 1.98 bits per heavy atom. The van der Waals surface area contributed by atoms with Gasteiger partial charge in [-0.1, -0.05) is 78.9 Å². The average molecular weight is 554 g/mol. The van der Waals surface area contributed by atoms with Crippen LogP contribution in [0, 0.1) is 0 Å². The second-order valence-electron chi connectivity index (χ2n) is 11.6. The molecule has 1 heterocycles. The number of carboxylic acid groups (broad SMARTS) is 1. The first-order chi connectivity index (χ1) is 19.9. The highest BCUT2D eigenvalue weighted by Gasteiger charge is 2.54. The monoisotopic (exact) mass is 553 g/mol. The summed E-state index contributed by atoms with van der Waals surface area (Å²) in [6, 6.07) is 26.4. The summed E-state index contributed by atoms with van der Waals surface area (Å²) in [4.78, 5) is 40.5. The number of benzene rings is 3. The smallest absolute Gasteiger partial charge is 0.408 e. The van der Waals surface area contributed by atoms with Crippen molar-refractivity contribution >= 4 is 18.0 Å². The third-order valence-electron chi connectivity index (χ3n) is 8.80. The average Bonchev–Trinajstić information content (AvgIpc) is 3.68. The van der Waals surface area contributed by atoms with Crippen molar-refractivity contribution in [3.05, 3.63) is 95.6 Å². The van der Waals surface area contributed by atoms with E-state index in [1.165, 1.54) is 5.56 Å². The van der Waals surface area contributed by atoms with Crippen LogP contribution >= 0.6 is 0 Å². The molecule has 3 N–H and O–H groups in total. The van der Waals surface area contributed by atoms with E-state index in [0.717, 1.165) is 28.8 Å². The number of nitrogens with zero attached hydrogens (tertiary/aromatic N) is 1. The zero-order chi connectivity index (χ0) is 28.5. The van der Waals surface area contributed by atoms with Crippen LogP contribution in [-0.4, -0.2) is 58.8 Å². The number of alkyl carbamates (subject to hydrolysis) is 1. The highest BCUT2D eigenvalue weighted by Crippen LogP contribution is 2.44. The number of likely N-dealkylation sites (tertiary alicyclic amines) is 1. The molecule has 1 saturated heterocycles. The summed E-state index contributed by atoms with van der Waals surface area (Å²) in [7, 11) is 0. The number of carboxylic acids is 1. The highest BCUT2D eigenvalue weighted by atomic mass is 16.5. The number of amides is 2. The molecule has 41 heavy (non-hydrogen) atoms. The van der Waals surface area contributed by atoms with Gasteiger partial charge in [-0.25, -0.2) is 4.79 Å². The van der Waals surface area contributed by atoms with E-state index in [4.69, 9.17) is 4.74 Å². The number of carbonyl (C=O) groups excluding carboxylic acids is 2. The number of nitrogens with one attached hydrogen (secondary N) is 2. The molecule has 2 aliphatic carbocycles. The summed E-state index contributed by atoms with van der Waals surface area (Å²) in [5, 5.41) is 15.5. The van der Waals surface area contributed by atoms with Gasteiger partial charge in [0.2, 0.25) is 5.91 Å². The van der Waals surface area contributed by atoms with E-state index in [9.17, 15) is 19.5 Å². The maximum absolute atomic E-state index is 13.5. The molecule has 0 spiro atoms. The Bertz CT molecular complexity index is 1400. The molecule has 1 aliphatic heterocycles. The molecule has 0 radical (unpaired) electrons. The van der Waals surface area contributed by atoms with Crippen molar-refractivity contribution < 1.29 is 24.2 Å². The van der Waals surface area contributed by atoms with Gasteiger partial charge in [-0.05, 0) is 53.5 Å². The predicted octanol–water partition coefficient (Wildman–Crippen LogP) is 4.68. The summed E-state index contributed by atoms with van der Waals surface area (Å²) in [6.07, 6.45) is 1.25. The highest BCUT2D eigenvalue weighted by molar-refractivity contribution is 5.93. The van der Waals surface area contributed by atoms with E-state index in [0.29, 0.717) is 38.8 Å². The second kappa shape index (κ2) is 11.0. The van der Waals surface area contributed by atoms with Crippen molar-refractivity contribution in [3.63, 3.8) is 0 Å². The van der Waals surface area contributed by atoms with Gasteiger partial charge in [-0.15, -0.1) is 0 Å². The Labute approximate surface area is 239 Å². The lowest BCUT2D eigenvalue weighted by Crippen LogP contribution is -2.61. The van der Waals surface area contributed by atoms with Crippen LogP contribution in [0.3, 0.4) is 0 Å². The topological polar surface area (TPSA) is 108 Å².